The van der Waals surface area contributed by atoms with Crippen molar-refractivity contribution in [2.75, 3.05) is 0 Å². The van der Waals surface area contributed by atoms with Gasteiger partial charge in [0.2, 0.25) is 11.8 Å². The quantitative estimate of drug-likeness (QED) is 0.358. The Balaban J connectivity index is 1.94. The maximum atomic E-state index is 13.7. The van der Waals surface area contributed by atoms with E-state index in [-0.39, 0.29) is 18.4 Å². The van der Waals surface area contributed by atoms with Crippen LogP contribution in [-0.4, -0.2) is 28.3 Å². The maximum absolute atomic E-state index is 13.7. The molecule has 0 saturated carbocycles. The number of carbonyl (C=O) groups is 2. The fourth-order valence-electron chi connectivity index (χ4n) is 3.88. The monoisotopic (exact) mass is 510 g/mol. The van der Waals surface area contributed by atoms with Crippen LogP contribution in [0.4, 0.5) is 0 Å². The summed E-state index contributed by atoms with van der Waals surface area (Å²) >= 11 is 12.4. The van der Waals surface area contributed by atoms with E-state index >= 15 is 0 Å². The molecule has 6 heteroatoms. The molecule has 0 aliphatic heterocycles. The molecule has 3 aromatic rings. The van der Waals surface area contributed by atoms with Crippen molar-refractivity contribution in [3.63, 3.8) is 0 Å². The first kappa shape index (κ1) is 26.8. The van der Waals surface area contributed by atoms with Crippen LogP contribution in [-0.2, 0) is 29.0 Å². The molecule has 2 amide bonds. The summed E-state index contributed by atoms with van der Waals surface area (Å²) in [7, 11) is 0. The normalized spacial score (nSPS) is 12.1. The molecule has 4 nitrogen and oxygen atoms in total. The Labute approximate surface area is 218 Å². The minimum Gasteiger partial charge on any atom is -0.350 e. The van der Waals surface area contributed by atoms with E-state index in [4.69, 9.17) is 23.2 Å². The Kier molecular flexibility index (Phi) is 9.36. The Morgan fingerprint density at radius 3 is 2.00 bits per heavy atom. The van der Waals surface area contributed by atoms with Gasteiger partial charge in [0.05, 0.1) is 10.0 Å². The van der Waals surface area contributed by atoms with Gasteiger partial charge in [0, 0.05) is 24.9 Å². The van der Waals surface area contributed by atoms with Gasteiger partial charge in [-0.15, -0.1) is 0 Å². The summed E-state index contributed by atoms with van der Waals surface area (Å²) in [6.07, 6.45) is 1.29. The zero-order chi connectivity index (χ0) is 25.4. The number of amides is 2. The van der Waals surface area contributed by atoms with Gasteiger partial charge in [-0.2, -0.15) is 0 Å². The van der Waals surface area contributed by atoms with Crippen molar-refractivity contribution in [1.82, 2.24) is 10.2 Å². The molecule has 3 aromatic carbocycles. The number of halogens is 2. The third kappa shape index (κ3) is 8.41. The van der Waals surface area contributed by atoms with Gasteiger partial charge in [-0.25, -0.2) is 0 Å². The smallest absolute Gasteiger partial charge is 0.243 e. The van der Waals surface area contributed by atoms with Crippen molar-refractivity contribution in [2.24, 2.45) is 0 Å². The van der Waals surface area contributed by atoms with E-state index in [1.807, 2.05) is 87.5 Å². The first-order chi connectivity index (χ1) is 16.6. The number of carbonyl (C=O) groups excluding carboxylic acids is 2. The van der Waals surface area contributed by atoms with E-state index in [1.54, 1.807) is 17.0 Å². The van der Waals surface area contributed by atoms with Crippen LogP contribution in [0.15, 0.2) is 78.9 Å². The van der Waals surface area contributed by atoms with Crippen LogP contribution in [0.25, 0.3) is 0 Å². The summed E-state index contributed by atoms with van der Waals surface area (Å²) in [5.41, 5.74) is 2.44. The Bertz CT molecular complexity index is 1130. The Morgan fingerprint density at radius 2 is 1.43 bits per heavy atom. The van der Waals surface area contributed by atoms with Crippen LogP contribution in [0, 0.1) is 0 Å². The molecular weight excluding hydrogens is 479 g/mol. The highest BCUT2D eigenvalue weighted by molar-refractivity contribution is 6.42. The van der Waals surface area contributed by atoms with Gasteiger partial charge in [-0.1, -0.05) is 89.9 Å². The lowest BCUT2D eigenvalue weighted by atomic mass is 10.00. The fourth-order valence-corrected chi connectivity index (χ4v) is 4.20. The molecule has 0 aliphatic carbocycles. The largest absolute Gasteiger partial charge is 0.350 e. The van der Waals surface area contributed by atoms with Crippen molar-refractivity contribution in [3.8, 4) is 0 Å². The molecule has 0 fully saturated rings. The first-order valence-corrected chi connectivity index (χ1v) is 12.5. The first-order valence-electron chi connectivity index (χ1n) is 11.8. The number of nitrogens with one attached hydrogen (secondary N) is 1. The average Bonchev–Trinajstić information content (AvgIpc) is 2.82. The summed E-state index contributed by atoms with van der Waals surface area (Å²) in [5, 5.41) is 3.94. The highest BCUT2D eigenvalue weighted by atomic mass is 35.5. The molecule has 1 N–H and O–H groups in total. The van der Waals surface area contributed by atoms with Crippen molar-refractivity contribution in [2.45, 2.75) is 58.2 Å². The third-order valence-electron chi connectivity index (χ3n) is 5.58. The average molecular weight is 511 g/mol. The summed E-state index contributed by atoms with van der Waals surface area (Å²) in [5.74, 6) is -0.278. The molecule has 35 heavy (non-hydrogen) atoms. The number of aryl methyl sites for hydroxylation is 1. The molecule has 3 rings (SSSR count). The topological polar surface area (TPSA) is 49.4 Å². The predicted molar refractivity (Wildman–Crippen MR) is 144 cm³/mol. The predicted octanol–water partition coefficient (Wildman–Crippen LogP) is 6.48. The Hall–Kier alpha value is -2.82. The van der Waals surface area contributed by atoms with E-state index in [0.29, 0.717) is 29.3 Å². The molecule has 0 radical (unpaired) electrons. The SMILES string of the molecule is CC(C)(C)NC(=O)C(Cc1ccccc1)N(Cc1ccc(Cl)c(Cl)c1)C(=O)CCc1ccccc1. The highest BCUT2D eigenvalue weighted by Gasteiger charge is 2.32. The van der Waals surface area contributed by atoms with Gasteiger partial charge in [0.1, 0.15) is 6.04 Å². The van der Waals surface area contributed by atoms with Gasteiger partial charge in [0.25, 0.3) is 0 Å². The highest BCUT2D eigenvalue weighted by Crippen LogP contribution is 2.25. The number of rotatable bonds is 9. The molecule has 0 aliphatic rings. The molecule has 0 spiro atoms. The van der Waals surface area contributed by atoms with E-state index in [9.17, 15) is 9.59 Å². The number of hydrogen-bond acceptors (Lipinski definition) is 2. The van der Waals surface area contributed by atoms with E-state index in [2.05, 4.69) is 5.32 Å². The van der Waals surface area contributed by atoms with Crippen molar-refractivity contribution in [1.29, 1.82) is 0 Å². The van der Waals surface area contributed by atoms with Crippen LogP contribution < -0.4 is 5.32 Å². The van der Waals surface area contributed by atoms with E-state index < -0.39 is 11.6 Å². The third-order valence-corrected chi connectivity index (χ3v) is 6.32. The van der Waals surface area contributed by atoms with Gasteiger partial charge in [0.15, 0.2) is 0 Å². The summed E-state index contributed by atoms with van der Waals surface area (Å²) in [6.45, 7) is 6.06. The van der Waals surface area contributed by atoms with Gasteiger partial charge in [-0.3, -0.25) is 9.59 Å². The van der Waals surface area contributed by atoms with Crippen LogP contribution >= 0.6 is 23.2 Å². The van der Waals surface area contributed by atoms with Crippen LogP contribution in [0.3, 0.4) is 0 Å². The minimum atomic E-state index is -0.686. The minimum absolute atomic E-state index is 0.0927. The van der Waals surface area contributed by atoms with Crippen molar-refractivity contribution in [3.05, 3.63) is 106 Å². The number of benzene rings is 3. The molecule has 0 saturated heterocycles. The second-order valence-corrected chi connectivity index (χ2v) is 10.5. The number of hydrogen-bond donors (Lipinski definition) is 1. The molecule has 1 atom stereocenters. The standard InChI is InChI=1S/C29H32Cl2N2O2/c1-29(2,3)32-28(35)26(19-22-12-8-5-9-13-22)33(20-23-14-16-24(30)25(31)18-23)27(34)17-15-21-10-6-4-7-11-21/h4-14,16,18,26H,15,17,19-20H2,1-3H3,(H,32,35). The van der Waals surface area contributed by atoms with E-state index in [0.717, 1.165) is 16.7 Å². The maximum Gasteiger partial charge on any atom is 0.243 e. The second-order valence-electron chi connectivity index (χ2n) is 9.70. The molecule has 184 valence electrons. The lowest BCUT2D eigenvalue weighted by Crippen LogP contribution is -2.54. The summed E-state index contributed by atoms with van der Waals surface area (Å²) in [6, 6.07) is 24.3. The summed E-state index contributed by atoms with van der Waals surface area (Å²) in [4.78, 5) is 28.9. The summed E-state index contributed by atoms with van der Waals surface area (Å²) < 4.78 is 0. The lowest BCUT2D eigenvalue weighted by Gasteiger charge is -2.34. The zero-order valence-corrected chi connectivity index (χ0v) is 21.9. The molecular formula is C29H32Cl2N2O2. The van der Waals surface area contributed by atoms with E-state index in [1.165, 1.54) is 0 Å². The zero-order valence-electron chi connectivity index (χ0n) is 20.4. The molecule has 0 heterocycles. The molecule has 0 aromatic heterocycles. The Morgan fingerprint density at radius 1 is 0.829 bits per heavy atom. The molecule has 1 unspecified atom stereocenters. The number of nitrogens with zero attached hydrogens (tertiary/aromatic N) is 1. The van der Waals surface area contributed by atoms with Crippen molar-refractivity contribution >= 4 is 35.0 Å². The second kappa shape index (κ2) is 12.2. The van der Waals surface area contributed by atoms with Crippen molar-refractivity contribution < 1.29 is 9.59 Å². The molecule has 0 bridgehead atoms. The van der Waals surface area contributed by atoms with Crippen LogP contribution in [0.1, 0.15) is 43.9 Å². The van der Waals surface area contributed by atoms with Gasteiger partial charge >= 0.3 is 0 Å². The van der Waals surface area contributed by atoms with Gasteiger partial charge < -0.3 is 10.2 Å². The van der Waals surface area contributed by atoms with Gasteiger partial charge in [-0.05, 0) is 56.0 Å². The van der Waals surface area contributed by atoms with Crippen LogP contribution in [0.5, 0.6) is 0 Å². The fraction of sp³-hybridized carbons (Fsp3) is 0.310. The lowest BCUT2D eigenvalue weighted by molar-refractivity contribution is -0.141. The van der Waals surface area contributed by atoms with Crippen LogP contribution in [0.2, 0.25) is 10.0 Å².